The highest BCUT2D eigenvalue weighted by atomic mass is 16.5. The number of rotatable bonds is 6. The average molecular weight is 312 g/mol. The second-order valence-electron chi connectivity index (χ2n) is 7.21. The highest BCUT2D eigenvalue weighted by Gasteiger charge is 2.21. The zero-order valence-corrected chi connectivity index (χ0v) is 14.9. The van der Waals surface area contributed by atoms with E-state index in [-0.39, 0.29) is 5.54 Å². The van der Waals surface area contributed by atoms with E-state index < -0.39 is 0 Å². The molecule has 2 aromatic rings. The Labute approximate surface area is 139 Å². The van der Waals surface area contributed by atoms with Crippen LogP contribution in [0.1, 0.15) is 38.4 Å². The van der Waals surface area contributed by atoms with Crippen LogP contribution >= 0.6 is 0 Å². The average Bonchev–Trinajstić information content (AvgIpc) is 2.44. The molecular formula is C20H28N2O. The molecule has 1 unspecified atom stereocenters. The molecule has 1 atom stereocenters. The molecule has 3 heteroatoms. The van der Waals surface area contributed by atoms with E-state index >= 15 is 0 Å². The summed E-state index contributed by atoms with van der Waals surface area (Å²) in [5, 5.41) is 0. The van der Waals surface area contributed by atoms with Crippen LogP contribution in [0.4, 0.5) is 0 Å². The Balaban J connectivity index is 2.11. The van der Waals surface area contributed by atoms with E-state index in [9.17, 15) is 0 Å². The molecule has 0 spiro atoms. The van der Waals surface area contributed by atoms with Crippen molar-refractivity contribution >= 4 is 0 Å². The number of nitrogens with zero attached hydrogens (tertiary/aromatic N) is 1. The van der Waals surface area contributed by atoms with Crippen molar-refractivity contribution in [1.29, 1.82) is 0 Å². The lowest BCUT2D eigenvalue weighted by Crippen LogP contribution is -2.43. The molecule has 0 saturated heterocycles. The lowest BCUT2D eigenvalue weighted by Gasteiger charge is -2.27. The van der Waals surface area contributed by atoms with E-state index in [1.54, 1.807) is 0 Å². The van der Waals surface area contributed by atoms with Crippen molar-refractivity contribution in [2.24, 2.45) is 11.7 Å². The van der Waals surface area contributed by atoms with Crippen LogP contribution in [-0.4, -0.2) is 17.1 Å². The van der Waals surface area contributed by atoms with Gasteiger partial charge in [0.2, 0.25) is 0 Å². The zero-order valence-electron chi connectivity index (χ0n) is 14.9. The lowest BCUT2D eigenvalue weighted by atomic mass is 9.93. The summed E-state index contributed by atoms with van der Waals surface area (Å²) in [5.41, 5.74) is 10.5. The fourth-order valence-corrected chi connectivity index (χ4v) is 2.95. The largest absolute Gasteiger partial charge is 0.491 e. The molecular weight excluding hydrogens is 284 g/mol. The Bertz CT molecular complexity index is 662. The molecule has 0 fully saturated rings. The summed E-state index contributed by atoms with van der Waals surface area (Å²) in [6.45, 7) is 11.0. The first-order valence-corrected chi connectivity index (χ1v) is 8.22. The lowest BCUT2D eigenvalue weighted by molar-refractivity contribution is 0.206. The van der Waals surface area contributed by atoms with Gasteiger partial charge >= 0.3 is 0 Å². The maximum Gasteiger partial charge on any atom is 0.122 e. The quantitative estimate of drug-likeness (QED) is 0.854. The molecule has 3 nitrogen and oxygen atoms in total. The minimum atomic E-state index is -0.304. The third kappa shape index (κ3) is 5.07. The van der Waals surface area contributed by atoms with Crippen molar-refractivity contribution in [1.82, 2.24) is 4.98 Å². The summed E-state index contributed by atoms with van der Waals surface area (Å²) in [6, 6.07) is 10.4. The molecule has 1 aromatic carbocycles. The van der Waals surface area contributed by atoms with Crippen molar-refractivity contribution in [2.75, 3.05) is 6.61 Å². The maximum atomic E-state index is 6.32. The Morgan fingerprint density at radius 2 is 1.83 bits per heavy atom. The molecule has 0 aliphatic rings. The molecule has 23 heavy (non-hydrogen) atoms. The van der Waals surface area contributed by atoms with E-state index in [1.165, 1.54) is 11.1 Å². The first-order valence-electron chi connectivity index (χ1n) is 8.22. The third-order valence-electron chi connectivity index (χ3n) is 3.84. The van der Waals surface area contributed by atoms with Gasteiger partial charge in [-0.05, 0) is 74.1 Å². The van der Waals surface area contributed by atoms with Crippen molar-refractivity contribution in [2.45, 2.75) is 46.6 Å². The van der Waals surface area contributed by atoms with Crippen molar-refractivity contribution in [3.8, 4) is 16.9 Å². The number of benzene rings is 1. The topological polar surface area (TPSA) is 48.1 Å². The van der Waals surface area contributed by atoms with Crippen LogP contribution in [-0.2, 0) is 0 Å². The van der Waals surface area contributed by atoms with Crippen LogP contribution in [0.2, 0.25) is 0 Å². The summed E-state index contributed by atoms with van der Waals surface area (Å²) in [5.74, 6) is 1.46. The minimum Gasteiger partial charge on any atom is -0.491 e. The number of hydrogen-bond donors (Lipinski definition) is 1. The highest BCUT2D eigenvalue weighted by molar-refractivity contribution is 5.65. The summed E-state index contributed by atoms with van der Waals surface area (Å²) in [4.78, 5) is 4.25. The summed E-state index contributed by atoms with van der Waals surface area (Å²) >= 11 is 0. The van der Waals surface area contributed by atoms with Crippen LogP contribution in [0.15, 0.2) is 36.5 Å². The first-order chi connectivity index (χ1) is 10.8. The molecule has 0 aliphatic carbocycles. The number of nitrogens with two attached hydrogens (primary N) is 1. The van der Waals surface area contributed by atoms with Gasteiger partial charge in [0.05, 0.1) is 0 Å². The zero-order chi connectivity index (χ0) is 17.0. The van der Waals surface area contributed by atoms with Gasteiger partial charge in [0.15, 0.2) is 0 Å². The molecule has 1 aromatic heterocycles. The summed E-state index contributed by atoms with van der Waals surface area (Å²) in [6.07, 6.45) is 2.79. The van der Waals surface area contributed by atoms with Gasteiger partial charge in [0.1, 0.15) is 12.4 Å². The number of aryl methyl sites for hydroxylation is 2. The van der Waals surface area contributed by atoms with Gasteiger partial charge in [0.25, 0.3) is 0 Å². The predicted octanol–water partition coefficient (Wildman–Crippen LogP) is 4.51. The Kier molecular flexibility index (Phi) is 5.42. The fraction of sp³-hybridized carbons (Fsp3) is 0.450. The van der Waals surface area contributed by atoms with Crippen molar-refractivity contribution in [3.63, 3.8) is 0 Å². The van der Waals surface area contributed by atoms with E-state index in [4.69, 9.17) is 10.5 Å². The van der Waals surface area contributed by atoms with Gasteiger partial charge in [-0.15, -0.1) is 0 Å². The van der Waals surface area contributed by atoms with Crippen LogP contribution in [0, 0.1) is 19.8 Å². The fourth-order valence-electron chi connectivity index (χ4n) is 2.95. The van der Waals surface area contributed by atoms with E-state index in [0.717, 1.165) is 23.4 Å². The van der Waals surface area contributed by atoms with E-state index in [1.807, 2.05) is 25.3 Å². The molecule has 2 rings (SSSR count). The molecule has 0 saturated carbocycles. The molecule has 2 N–H and O–H groups in total. The number of ether oxygens (including phenoxy) is 1. The van der Waals surface area contributed by atoms with Crippen LogP contribution < -0.4 is 10.5 Å². The van der Waals surface area contributed by atoms with Gasteiger partial charge in [0, 0.05) is 17.4 Å². The summed E-state index contributed by atoms with van der Waals surface area (Å²) < 4.78 is 5.98. The number of aromatic nitrogens is 1. The first kappa shape index (κ1) is 17.5. The monoisotopic (exact) mass is 312 g/mol. The Morgan fingerprint density at radius 1 is 1.13 bits per heavy atom. The molecule has 0 bridgehead atoms. The van der Waals surface area contributed by atoms with Gasteiger partial charge in [-0.2, -0.15) is 0 Å². The smallest absolute Gasteiger partial charge is 0.122 e. The van der Waals surface area contributed by atoms with Gasteiger partial charge in [-0.25, -0.2) is 0 Å². The normalized spacial score (nSPS) is 13.9. The minimum absolute atomic E-state index is 0.304. The number of hydrogen-bond acceptors (Lipinski definition) is 3. The molecule has 0 radical (unpaired) electrons. The summed E-state index contributed by atoms with van der Waals surface area (Å²) in [7, 11) is 0. The van der Waals surface area contributed by atoms with Crippen molar-refractivity contribution < 1.29 is 4.74 Å². The van der Waals surface area contributed by atoms with Gasteiger partial charge in [-0.1, -0.05) is 19.9 Å². The van der Waals surface area contributed by atoms with Crippen LogP contribution in [0.25, 0.3) is 11.1 Å². The van der Waals surface area contributed by atoms with E-state index in [2.05, 4.69) is 50.9 Å². The standard InChI is InChI=1S/C20H28N2O/c1-14(2)12-20(5,21)13-23-19-7-6-17(10-15(19)3)18-8-9-22-16(4)11-18/h6-11,14H,12-13,21H2,1-5H3. The van der Waals surface area contributed by atoms with Crippen molar-refractivity contribution in [3.05, 3.63) is 47.8 Å². The molecule has 124 valence electrons. The predicted molar refractivity (Wildman–Crippen MR) is 96.7 cm³/mol. The van der Waals surface area contributed by atoms with Crippen LogP contribution in [0.3, 0.4) is 0 Å². The molecule has 0 aliphatic heterocycles. The third-order valence-corrected chi connectivity index (χ3v) is 3.84. The molecule has 1 heterocycles. The Morgan fingerprint density at radius 3 is 2.43 bits per heavy atom. The second kappa shape index (κ2) is 7.14. The number of pyridine rings is 1. The Hall–Kier alpha value is -1.87. The SMILES string of the molecule is Cc1cc(-c2ccc(OCC(C)(N)CC(C)C)c(C)c2)ccn1. The second-order valence-corrected chi connectivity index (χ2v) is 7.21. The molecule has 0 amide bonds. The highest BCUT2D eigenvalue weighted by Crippen LogP contribution is 2.27. The van der Waals surface area contributed by atoms with Crippen LogP contribution in [0.5, 0.6) is 5.75 Å². The van der Waals surface area contributed by atoms with E-state index in [0.29, 0.717) is 12.5 Å². The van der Waals surface area contributed by atoms with Gasteiger partial charge < -0.3 is 10.5 Å². The maximum absolute atomic E-state index is 6.32. The van der Waals surface area contributed by atoms with Gasteiger partial charge in [-0.3, -0.25) is 4.98 Å².